The lowest BCUT2D eigenvalue weighted by molar-refractivity contribution is 0.0553. The average molecular weight is 492 g/mol. The van der Waals surface area contributed by atoms with E-state index >= 15 is 0 Å². The van der Waals surface area contributed by atoms with Gasteiger partial charge in [0.25, 0.3) is 0 Å². The number of thiazole rings is 1. The Morgan fingerprint density at radius 1 is 1.42 bits per heavy atom. The second-order valence-corrected chi connectivity index (χ2v) is 10.5. The van der Waals surface area contributed by atoms with Gasteiger partial charge in [-0.1, -0.05) is 17.7 Å². The molecule has 2 aromatic heterocycles. The molecule has 2 unspecified atom stereocenters. The SMILES string of the molecule is CC(C)(O)CCOc1ccc(C2(C(O)c3c([C@@H]4C[C@H]4F)sc4cncn34)C=NN=N2)cc1Cl. The summed E-state index contributed by atoms with van der Waals surface area (Å²) in [6, 6.07) is 5.10. The van der Waals surface area contributed by atoms with Crippen LogP contribution in [0.3, 0.4) is 0 Å². The Morgan fingerprint density at radius 2 is 2.21 bits per heavy atom. The Labute approximate surface area is 198 Å². The number of halogens is 2. The maximum absolute atomic E-state index is 14.0. The summed E-state index contributed by atoms with van der Waals surface area (Å²) < 4.78 is 21.5. The number of rotatable bonds is 8. The molecule has 2 aliphatic rings. The van der Waals surface area contributed by atoms with Gasteiger partial charge in [-0.3, -0.25) is 4.40 Å². The molecule has 0 amide bonds. The van der Waals surface area contributed by atoms with Gasteiger partial charge in [-0.15, -0.1) is 21.6 Å². The van der Waals surface area contributed by atoms with E-state index < -0.39 is 23.4 Å². The van der Waals surface area contributed by atoms with Gasteiger partial charge in [-0.2, -0.15) is 0 Å². The number of nitrogens with zero attached hydrogens (tertiary/aromatic N) is 5. The number of alkyl halides is 1. The van der Waals surface area contributed by atoms with Crippen LogP contribution in [0.4, 0.5) is 4.39 Å². The Hall–Kier alpha value is -2.40. The van der Waals surface area contributed by atoms with E-state index in [1.165, 1.54) is 17.6 Å². The van der Waals surface area contributed by atoms with E-state index in [1.807, 2.05) is 0 Å². The first-order chi connectivity index (χ1) is 15.7. The van der Waals surface area contributed by atoms with Crippen molar-refractivity contribution in [3.8, 4) is 5.75 Å². The average Bonchev–Trinajstić information content (AvgIpc) is 3.16. The Bertz CT molecular complexity index is 1240. The van der Waals surface area contributed by atoms with E-state index in [4.69, 9.17) is 16.3 Å². The zero-order valence-corrected chi connectivity index (χ0v) is 19.6. The van der Waals surface area contributed by atoms with Crippen molar-refractivity contribution >= 4 is 34.0 Å². The molecule has 3 heterocycles. The van der Waals surface area contributed by atoms with Gasteiger partial charge >= 0.3 is 0 Å². The van der Waals surface area contributed by atoms with Gasteiger partial charge in [0.15, 0.2) is 5.54 Å². The van der Waals surface area contributed by atoms with E-state index in [0.717, 1.165) is 9.71 Å². The van der Waals surface area contributed by atoms with Gasteiger partial charge in [0.2, 0.25) is 0 Å². The van der Waals surface area contributed by atoms with Crippen molar-refractivity contribution in [3.63, 3.8) is 0 Å². The predicted molar refractivity (Wildman–Crippen MR) is 123 cm³/mol. The van der Waals surface area contributed by atoms with Crippen LogP contribution in [0, 0.1) is 0 Å². The Kier molecular flexibility index (Phi) is 5.51. The number of imidazole rings is 1. The van der Waals surface area contributed by atoms with E-state index in [-0.39, 0.29) is 5.92 Å². The molecular weight excluding hydrogens is 469 g/mol. The molecule has 0 bridgehead atoms. The summed E-state index contributed by atoms with van der Waals surface area (Å²) in [6.45, 7) is 3.71. The van der Waals surface area contributed by atoms with E-state index in [9.17, 15) is 14.6 Å². The fourth-order valence-corrected chi connectivity index (χ4v) is 5.46. The minimum absolute atomic E-state index is 0.248. The van der Waals surface area contributed by atoms with Crippen LogP contribution in [-0.4, -0.2) is 44.2 Å². The Balaban J connectivity index is 1.50. The summed E-state index contributed by atoms with van der Waals surface area (Å²) in [5.74, 6) is 0.203. The topological polar surface area (TPSA) is 104 Å². The number of benzene rings is 1. The number of hydrogen-bond acceptors (Lipinski definition) is 8. The molecule has 174 valence electrons. The molecule has 1 aliphatic carbocycles. The van der Waals surface area contributed by atoms with Crippen molar-refractivity contribution in [1.82, 2.24) is 9.38 Å². The molecule has 2 N–H and O–H groups in total. The standard InChI is InChI=1S/C22H23ClFN5O3S/c1-21(2,31)5-6-32-16-4-3-12(7-14(16)23)22(10-26-28-27-22)20(30)18-19(13-8-15(13)24)33-17-9-25-11-29(17)18/h3-4,7,9-11,13,15,20,30-31H,5-6,8H2,1-2H3/t13-,15-,20?,22?/m1/s1. The molecule has 5 rings (SSSR count). The first-order valence-electron chi connectivity index (χ1n) is 10.6. The summed E-state index contributed by atoms with van der Waals surface area (Å²) in [4.78, 5) is 5.75. The first-order valence-corrected chi connectivity index (χ1v) is 11.8. The number of ether oxygens (including phenoxy) is 1. The van der Waals surface area contributed by atoms with Crippen LogP contribution in [0.1, 0.15) is 54.8 Å². The lowest BCUT2D eigenvalue weighted by atomic mass is 9.84. The van der Waals surface area contributed by atoms with Crippen LogP contribution in [0.5, 0.6) is 5.75 Å². The van der Waals surface area contributed by atoms with Crippen LogP contribution < -0.4 is 4.74 Å². The molecule has 0 saturated heterocycles. The van der Waals surface area contributed by atoms with Crippen LogP contribution >= 0.6 is 22.9 Å². The highest BCUT2D eigenvalue weighted by molar-refractivity contribution is 7.17. The highest BCUT2D eigenvalue weighted by atomic mass is 35.5. The molecule has 1 aliphatic heterocycles. The summed E-state index contributed by atoms with van der Waals surface area (Å²) in [5, 5.41) is 33.8. The van der Waals surface area contributed by atoms with E-state index in [0.29, 0.717) is 41.5 Å². The summed E-state index contributed by atoms with van der Waals surface area (Å²) in [7, 11) is 0. The van der Waals surface area contributed by atoms with Gasteiger partial charge in [-0.25, -0.2) is 9.37 Å². The lowest BCUT2D eigenvalue weighted by Crippen LogP contribution is -2.33. The maximum Gasteiger partial charge on any atom is 0.177 e. The molecule has 1 aromatic carbocycles. The maximum atomic E-state index is 14.0. The second-order valence-electron chi connectivity index (χ2n) is 9.03. The van der Waals surface area contributed by atoms with Gasteiger partial charge in [-0.05, 0) is 43.2 Å². The summed E-state index contributed by atoms with van der Waals surface area (Å²) in [6.07, 6.45) is 3.52. The zero-order chi connectivity index (χ0) is 23.4. The zero-order valence-electron chi connectivity index (χ0n) is 18.0. The van der Waals surface area contributed by atoms with E-state index in [2.05, 4.69) is 20.4 Å². The van der Waals surface area contributed by atoms with Crippen LogP contribution in [-0.2, 0) is 5.54 Å². The fraction of sp³-hybridized carbons (Fsp3) is 0.455. The third-order valence-electron chi connectivity index (χ3n) is 5.94. The van der Waals surface area contributed by atoms with Crippen molar-refractivity contribution in [3.05, 3.63) is 51.9 Å². The molecule has 8 nitrogen and oxygen atoms in total. The monoisotopic (exact) mass is 491 g/mol. The Morgan fingerprint density at radius 3 is 2.85 bits per heavy atom. The van der Waals surface area contributed by atoms with Crippen LogP contribution in [0.25, 0.3) is 4.83 Å². The minimum Gasteiger partial charge on any atom is -0.492 e. The third-order valence-corrected chi connectivity index (χ3v) is 7.48. The van der Waals surface area contributed by atoms with Gasteiger partial charge < -0.3 is 14.9 Å². The largest absolute Gasteiger partial charge is 0.492 e. The highest BCUT2D eigenvalue weighted by Crippen LogP contribution is 2.52. The molecule has 33 heavy (non-hydrogen) atoms. The lowest BCUT2D eigenvalue weighted by Gasteiger charge is -2.28. The summed E-state index contributed by atoms with van der Waals surface area (Å²) >= 11 is 7.91. The normalized spacial score (nSPS) is 25.2. The number of aromatic nitrogens is 2. The van der Waals surface area contributed by atoms with Crippen molar-refractivity contribution in [2.24, 2.45) is 15.4 Å². The highest BCUT2D eigenvalue weighted by Gasteiger charge is 2.49. The van der Waals surface area contributed by atoms with Crippen LogP contribution in [0.2, 0.25) is 5.02 Å². The molecule has 3 aromatic rings. The number of fused-ring (bicyclic) bond motifs is 1. The minimum atomic E-state index is -1.33. The van der Waals surface area contributed by atoms with Gasteiger partial charge in [0, 0.05) is 17.2 Å². The summed E-state index contributed by atoms with van der Waals surface area (Å²) in [5.41, 5.74) is -1.08. The molecule has 1 saturated carbocycles. The van der Waals surface area contributed by atoms with Crippen molar-refractivity contribution in [2.75, 3.05) is 6.61 Å². The molecule has 0 radical (unpaired) electrons. The molecule has 0 spiro atoms. The number of aliphatic hydroxyl groups is 2. The van der Waals surface area contributed by atoms with Gasteiger partial charge in [0.05, 0.1) is 35.3 Å². The van der Waals surface area contributed by atoms with Crippen molar-refractivity contribution in [2.45, 2.75) is 56.0 Å². The van der Waals surface area contributed by atoms with Crippen molar-refractivity contribution < 1.29 is 19.3 Å². The molecule has 11 heteroatoms. The smallest absolute Gasteiger partial charge is 0.177 e. The number of aliphatic hydroxyl groups excluding tert-OH is 1. The first kappa shape index (κ1) is 22.4. The predicted octanol–water partition coefficient (Wildman–Crippen LogP) is 4.79. The second kappa shape index (κ2) is 8.12. The van der Waals surface area contributed by atoms with E-state index in [1.54, 1.807) is 49.0 Å². The van der Waals surface area contributed by atoms with Crippen LogP contribution in [0.15, 0.2) is 46.2 Å². The number of hydrogen-bond donors (Lipinski definition) is 2. The quantitative estimate of drug-likeness (QED) is 0.472. The fourth-order valence-electron chi connectivity index (χ4n) is 3.93. The molecule has 1 fully saturated rings. The molecule has 4 atom stereocenters. The van der Waals surface area contributed by atoms with Crippen molar-refractivity contribution in [1.29, 1.82) is 0 Å². The third kappa shape index (κ3) is 4.05. The molecular formula is C22H23ClFN5O3S. The van der Waals surface area contributed by atoms with Gasteiger partial charge in [0.1, 0.15) is 29.2 Å².